The first kappa shape index (κ1) is 12.6. The summed E-state index contributed by atoms with van der Waals surface area (Å²) in [4.78, 5) is 14.4. The lowest BCUT2D eigenvalue weighted by molar-refractivity contribution is -0.134. The van der Waals surface area contributed by atoms with Gasteiger partial charge in [-0.2, -0.15) is 0 Å². The van der Waals surface area contributed by atoms with E-state index in [1.165, 1.54) is 12.8 Å². The van der Waals surface area contributed by atoms with E-state index in [4.69, 9.17) is 5.73 Å². The van der Waals surface area contributed by atoms with E-state index >= 15 is 0 Å². The third kappa shape index (κ3) is 2.87. The maximum Gasteiger partial charge on any atom is 0.240 e. The van der Waals surface area contributed by atoms with Crippen molar-refractivity contribution >= 4 is 5.91 Å². The molecule has 0 aromatic heterocycles. The molecule has 1 aliphatic heterocycles. The van der Waals surface area contributed by atoms with Gasteiger partial charge >= 0.3 is 0 Å². The quantitative estimate of drug-likeness (QED) is 0.705. The Balaban J connectivity index is 1.99. The van der Waals surface area contributed by atoms with Crippen molar-refractivity contribution in [1.29, 1.82) is 0 Å². The molecule has 0 aromatic rings. The number of amides is 1. The monoisotopic (exact) mass is 237 g/mol. The molecule has 0 unspecified atom stereocenters. The standard InChI is InChI=1S/C13H23N3O/c1-2-7-16(11-5-3-4-6-11)13(17)12-8-10(14)9-15-12/h2,10-12,15H,1,3-9,14H2/t10-,12+/m1/s1. The number of carbonyl (C=O) groups excluding carboxylic acids is 1. The smallest absolute Gasteiger partial charge is 0.240 e. The minimum atomic E-state index is -0.0782. The molecular formula is C13H23N3O. The number of nitrogens with two attached hydrogens (primary N) is 1. The fourth-order valence-electron chi connectivity index (χ4n) is 2.93. The van der Waals surface area contributed by atoms with Crippen LogP contribution in [0.3, 0.4) is 0 Å². The Labute approximate surface area is 103 Å². The predicted molar refractivity (Wildman–Crippen MR) is 68.5 cm³/mol. The predicted octanol–water partition coefficient (Wildman–Crippen LogP) is 0.633. The summed E-state index contributed by atoms with van der Waals surface area (Å²) in [6.07, 6.45) is 7.34. The van der Waals surface area contributed by atoms with Crippen molar-refractivity contribution < 1.29 is 4.79 Å². The molecule has 2 atom stereocenters. The molecule has 4 heteroatoms. The first-order valence-electron chi connectivity index (χ1n) is 6.62. The minimum absolute atomic E-state index is 0.0782. The second-order valence-electron chi connectivity index (χ2n) is 5.17. The summed E-state index contributed by atoms with van der Waals surface area (Å²) in [6.45, 7) is 5.17. The molecule has 4 nitrogen and oxygen atoms in total. The van der Waals surface area contributed by atoms with Crippen LogP contribution in [0.15, 0.2) is 12.7 Å². The Morgan fingerprint density at radius 1 is 1.47 bits per heavy atom. The first-order valence-corrected chi connectivity index (χ1v) is 6.62. The summed E-state index contributed by atoms with van der Waals surface area (Å²) in [7, 11) is 0. The summed E-state index contributed by atoms with van der Waals surface area (Å²) >= 11 is 0. The number of carbonyl (C=O) groups is 1. The molecule has 2 aliphatic rings. The number of nitrogens with zero attached hydrogens (tertiary/aromatic N) is 1. The molecule has 3 N–H and O–H groups in total. The SMILES string of the molecule is C=CCN(C(=O)[C@@H]1C[C@@H](N)CN1)C1CCCC1. The van der Waals surface area contributed by atoms with Crippen LogP contribution < -0.4 is 11.1 Å². The Kier molecular flexibility index (Phi) is 4.18. The highest BCUT2D eigenvalue weighted by molar-refractivity contribution is 5.82. The zero-order chi connectivity index (χ0) is 12.3. The molecule has 1 amide bonds. The van der Waals surface area contributed by atoms with E-state index in [1.807, 2.05) is 11.0 Å². The third-order valence-corrected chi connectivity index (χ3v) is 3.84. The topological polar surface area (TPSA) is 58.4 Å². The maximum absolute atomic E-state index is 12.4. The zero-order valence-electron chi connectivity index (χ0n) is 10.4. The fraction of sp³-hybridized carbons (Fsp3) is 0.769. The first-order chi connectivity index (χ1) is 8.22. The zero-order valence-corrected chi connectivity index (χ0v) is 10.4. The Bertz CT molecular complexity index is 286. The number of hydrogen-bond donors (Lipinski definition) is 2. The second-order valence-corrected chi connectivity index (χ2v) is 5.17. The molecule has 96 valence electrons. The number of nitrogens with one attached hydrogen (secondary N) is 1. The van der Waals surface area contributed by atoms with Gasteiger partial charge in [0, 0.05) is 25.2 Å². The van der Waals surface area contributed by atoms with Crippen molar-refractivity contribution in [1.82, 2.24) is 10.2 Å². The molecule has 1 heterocycles. The Morgan fingerprint density at radius 2 is 2.18 bits per heavy atom. The highest BCUT2D eigenvalue weighted by atomic mass is 16.2. The van der Waals surface area contributed by atoms with Gasteiger partial charge in [-0.15, -0.1) is 6.58 Å². The van der Waals surface area contributed by atoms with E-state index in [2.05, 4.69) is 11.9 Å². The van der Waals surface area contributed by atoms with Crippen LogP contribution in [0.5, 0.6) is 0 Å². The third-order valence-electron chi connectivity index (χ3n) is 3.84. The molecule has 1 saturated carbocycles. The molecule has 0 radical (unpaired) electrons. The average Bonchev–Trinajstić information content (AvgIpc) is 2.95. The van der Waals surface area contributed by atoms with Crippen LogP contribution >= 0.6 is 0 Å². The van der Waals surface area contributed by atoms with Crippen LogP contribution in [0, 0.1) is 0 Å². The Hall–Kier alpha value is -0.870. The van der Waals surface area contributed by atoms with Crippen LogP contribution in [0.2, 0.25) is 0 Å². The van der Waals surface area contributed by atoms with Gasteiger partial charge in [0.2, 0.25) is 5.91 Å². The fourth-order valence-corrected chi connectivity index (χ4v) is 2.93. The van der Waals surface area contributed by atoms with Crippen LogP contribution in [0.25, 0.3) is 0 Å². The van der Waals surface area contributed by atoms with Gasteiger partial charge in [0.25, 0.3) is 0 Å². The van der Waals surface area contributed by atoms with Gasteiger partial charge in [-0.25, -0.2) is 0 Å². The van der Waals surface area contributed by atoms with Crippen LogP contribution in [-0.4, -0.2) is 42.0 Å². The summed E-state index contributed by atoms with van der Waals surface area (Å²) in [5, 5.41) is 3.22. The molecule has 2 fully saturated rings. The summed E-state index contributed by atoms with van der Waals surface area (Å²) in [5.41, 5.74) is 5.84. The second kappa shape index (κ2) is 5.65. The molecule has 0 bridgehead atoms. The van der Waals surface area contributed by atoms with E-state index in [0.29, 0.717) is 12.6 Å². The lowest BCUT2D eigenvalue weighted by atomic mass is 10.1. The largest absolute Gasteiger partial charge is 0.335 e. The number of rotatable bonds is 4. The van der Waals surface area contributed by atoms with Crippen molar-refractivity contribution in [2.75, 3.05) is 13.1 Å². The van der Waals surface area contributed by atoms with Crippen molar-refractivity contribution in [2.45, 2.75) is 50.2 Å². The molecule has 1 aliphatic carbocycles. The minimum Gasteiger partial charge on any atom is -0.335 e. The van der Waals surface area contributed by atoms with E-state index < -0.39 is 0 Å². The molecule has 0 aromatic carbocycles. The van der Waals surface area contributed by atoms with E-state index in [9.17, 15) is 4.79 Å². The summed E-state index contributed by atoms with van der Waals surface area (Å²) < 4.78 is 0. The van der Waals surface area contributed by atoms with Gasteiger partial charge in [-0.3, -0.25) is 4.79 Å². The van der Waals surface area contributed by atoms with Crippen LogP contribution in [0.4, 0.5) is 0 Å². The highest BCUT2D eigenvalue weighted by Crippen LogP contribution is 2.24. The van der Waals surface area contributed by atoms with Gasteiger partial charge in [0.1, 0.15) is 0 Å². The maximum atomic E-state index is 12.4. The van der Waals surface area contributed by atoms with Gasteiger partial charge in [-0.1, -0.05) is 18.9 Å². The lowest BCUT2D eigenvalue weighted by Crippen LogP contribution is -2.47. The van der Waals surface area contributed by atoms with Gasteiger partial charge in [0.05, 0.1) is 6.04 Å². The summed E-state index contributed by atoms with van der Waals surface area (Å²) in [6, 6.07) is 0.461. The van der Waals surface area contributed by atoms with Crippen molar-refractivity contribution in [3.63, 3.8) is 0 Å². The average molecular weight is 237 g/mol. The van der Waals surface area contributed by atoms with Crippen molar-refractivity contribution in [3.8, 4) is 0 Å². The van der Waals surface area contributed by atoms with E-state index in [-0.39, 0.29) is 18.0 Å². The van der Waals surface area contributed by atoms with Gasteiger partial charge in [-0.05, 0) is 19.3 Å². The van der Waals surface area contributed by atoms with E-state index in [1.54, 1.807) is 0 Å². The van der Waals surface area contributed by atoms with Gasteiger partial charge < -0.3 is 16.0 Å². The lowest BCUT2D eigenvalue weighted by Gasteiger charge is -2.30. The summed E-state index contributed by atoms with van der Waals surface area (Å²) in [5.74, 6) is 0.213. The van der Waals surface area contributed by atoms with Crippen molar-refractivity contribution in [3.05, 3.63) is 12.7 Å². The van der Waals surface area contributed by atoms with Crippen LogP contribution in [-0.2, 0) is 4.79 Å². The molecule has 17 heavy (non-hydrogen) atoms. The normalized spacial score (nSPS) is 29.5. The number of hydrogen-bond acceptors (Lipinski definition) is 3. The molecule has 0 spiro atoms. The molecular weight excluding hydrogens is 214 g/mol. The highest BCUT2D eigenvalue weighted by Gasteiger charge is 2.34. The van der Waals surface area contributed by atoms with Gasteiger partial charge in [0.15, 0.2) is 0 Å². The molecule has 2 rings (SSSR count). The van der Waals surface area contributed by atoms with Crippen molar-refractivity contribution in [2.24, 2.45) is 5.73 Å². The molecule has 1 saturated heterocycles. The van der Waals surface area contributed by atoms with E-state index in [0.717, 1.165) is 25.8 Å². The van der Waals surface area contributed by atoms with Crippen LogP contribution in [0.1, 0.15) is 32.1 Å². The Morgan fingerprint density at radius 3 is 2.71 bits per heavy atom.